The van der Waals surface area contributed by atoms with Gasteiger partial charge in [-0.1, -0.05) is 26.0 Å². The van der Waals surface area contributed by atoms with Crippen molar-refractivity contribution in [2.45, 2.75) is 20.0 Å². The van der Waals surface area contributed by atoms with E-state index in [-0.39, 0.29) is 17.5 Å². The van der Waals surface area contributed by atoms with Gasteiger partial charge in [0.15, 0.2) is 5.78 Å². The molecule has 76 valence electrons. The highest BCUT2D eigenvalue weighted by atomic mass is 19.1. The fourth-order valence-electron chi connectivity index (χ4n) is 1.13. The van der Waals surface area contributed by atoms with Crippen LogP contribution in [0.25, 0.3) is 0 Å². The molecular weight excluding hydrogens is 183 g/mol. The van der Waals surface area contributed by atoms with Crippen LogP contribution in [0.2, 0.25) is 0 Å². The zero-order valence-corrected chi connectivity index (χ0v) is 8.20. The maximum absolute atomic E-state index is 12.5. The van der Waals surface area contributed by atoms with Crippen LogP contribution in [0.3, 0.4) is 0 Å². The fourth-order valence-corrected chi connectivity index (χ4v) is 1.13. The van der Waals surface area contributed by atoms with E-state index in [0.29, 0.717) is 5.56 Å². The highest BCUT2D eigenvalue weighted by Crippen LogP contribution is 2.17. The summed E-state index contributed by atoms with van der Waals surface area (Å²) in [5, 5.41) is 9.58. The molecule has 1 N–H and O–H groups in total. The SMILES string of the molecule is CC(C)C(=O)[C@@H](O)c1ccc(F)cc1. The maximum atomic E-state index is 12.5. The lowest BCUT2D eigenvalue weighted by molar-refractivity contribution is -0.130. The summed E-state index contributed by atoms with van der Waals surface area (Å²) in [6.45, 7) is 3.43. The molecule has 0 aliphatic heterocycles. The third-order valence-corrected chi connectivity index (χ3v) is 2.02. The van der Waals surface area contributed by atoms with Crippen LogP contribution >= 0.6 is 0 Å². The molecule has 1 aromatic rings. The molecule has 0 aliphatic rings. The van der Waals surface area contributed by atoms with E-state index in [0.717, 1.165) is 0 Å². The van der Waals surface area contributed by atoms with Crippen LogP contribution in [-0.2, 0) is 4.79 Å². The summed E-state index contributed by atoms with van der Waals surface area (Å²) in [5.41, 5.74) is 0.435. The number of Topliss-reactive ketones (excluding diaryl/α,β-unsaturated/α-hetero) is 1. The van der Waals surface area contributed by atoms with E-state index < -0.39 is 6.10 Å². The predicted molar refractivity (Wildman–Crippen MR) is 51.2 cm³/mol. The number of benzene rings is 1. The molecule has 0 amide bonds. The third kappa shape index (κ3) is 2.39. The highest BCUT2D eigenvalue weighted by Gasteiger charge is 2.19. The number of hydrogen-bond acceptors (Lipinski definition) is 2. The summed E-state index contributed by atoms with van der Waals surface area (Å²) in [6.07, 6.45) is -1.14. The molecule has 1 rings (SSSR count). The number of carbonyl (C=O) groups is 1. The van der Waals surface area contributed by atoms with Crippen LogP contribution in [0.4, 0.5) is 4.39 Å². The largest absolute Gasteiger partial charge is 0.381 e. The molecule has 0 bridgehead atoms. The Morgan fingerprint density at radius 1 is 1.29 bits per heavy atom. The molecular formula is C11H13FO2. The second-order valence-corrected chi connectivity index (χ2v) is 3.51. The third-order valence-electron chi connectivity index (χ3n) is 2.02. The Kier molecular flexibility index (Phi) is 3.36. The van der Waals surface area contributed by atoms with E-state index in [2.05, 4.69) is 0 Å². The number of carbonyl (C=O) groups excluding carboxylic acids is 1. The Balaban J connectivity index is 2.84. The summed E-state index contributed by atoms with van der Waals surface area (Å²) in [6, 6.07) is 5.29. The number of hydrogen-bond donors (Lipinski definition) is 1. The predicted octanol–water partition coefficient (Wildman–Crippen LogP) is 2.08. The van der Waals surface area contributed by atoms with Crippen LogP contribution in [0.15, 0.2) is 24.3 Å². The molecule has 0 fully saturated rings. The van der Waals surface area contributed by atoms with Crippen molar-refractivity contribution in [1.29, 1.82) is 0 Å². The smallest absolute Gasteiger partial charge is 0.168 e. The average molecular weight is 196 g/mol. The van der Waals surface area contributed by atoms with Gasteiger partial charge in [-0.05, 0) is 17.7 Å². The van der Waals surface area contributed by atoms with Gasteiger partial charge in [0.1, 0.15) is 11.9 Å². The number of halogens is 1. The van der Waals surface area contributed by atoms with Gasteiger partial charge in [0.25, 0.3) is 0 Å². The number of ketones is 1. The Morgan fingerprint density at radius 2 is 1.79 bits per heavy atom. The first-order chi connectivity index (χ1) is 6.52. The molecule has 0 heterocycles. The van der Waals surface area contributed by atoms with E-state index in [1.165, 1.54) is 24.3 Å². The molecule has 0 saturated carbocycles. The van der Waals surface area contributed by atoms with Gasteiger partial charge in [0, 0.05) is 5.92 Å². The van der Waals surface area contributed by atoms with Gasteiger partial charge in [-0.3, -0.25) is 4.79 Å². The van der Waals surface area contributed by atoms with E-state index in [1.807, 2.05) is 0 Å². The summed E-state index contributed by atoms with van der Waals surface area (Å²) < 4.78 is 12.5. The molecule has 2 nitrogen and oxygen atoms in total. The normalized spacial score (nSPS) is 12.9. The average Bonchev–Trinajstić information content (AvgIpc) is 2.16. The first-order valence-electron chi connectivity index (χ1n) is 4.49. The van der Waals surface area contributed by atoms with Crippen LogP contribution in [0.5, 0.6) is 0 Å². The van der Waals surface area contributed by atoms with Gasteiger partial charge in [-0.15, -0.1) is 0 Å². The topological polar surface area (TPSA) is 37.3 Å². The zero-order chi connectivity index (χ0) is 10.7. The van der Waals surface area contributed by atoms with E-state index in [9.17, 15) is 14.3 Å². The summed E-state index contributed by atoms with van der Waals surface area (Å²) in [5.74, 6) is -0.857. The lowest BCUT2D eigenvalue weighted by atomic mass is 9.98. The molecule has 1 atom stereocenters. The number of rotatable bonds is 3. The number of aliphatic hydroxyl groups excluding tert-OH is 1. The van der Waals surface area contributed by atoms with Crippen molar-refractivity contribution in [2.24, 2.45) is 5.92 Å². The molecule has 0 aliphatic carbocycles. The Morgan fingerprint density at radius 3 is 2.21 bits per heavy atom. The van der Waals surface area contributed by atoms with Crippen LogP contribution in [0.1, 0.15) is 25.5 Å². The molecule has 0 radical (unpaired) electrons. The van der Waals surface area contributed by atoms with Crippen molar-refractivity contribution in [3.8, 4) is 0 Å². The van der Waals surface area contributed by atoms with Crippen molar-refractivity contribution >= 4 is 5.78 Å². The van der Waals surface area contributed by atoms with E-state index in [4.69, 9.17) is 0 Å². The summed E-state index contributed by atoms with van der Waals surface area (Å²) >= 11 is 0. The molecule has 0 spiro atoms. The van der Waals surface area contributed by atoms with E-state index in [1.54, 1.807) is 13.8 Å². The first-order valence-corrected chi connectivity index (χ1v) is 4.49. The van der Waals surface area contributed by atoms with Crippen LogP contribution in [-0.4, -0.2) is 10.9 Å². The molecule has 0 aromatic heterocycles. The lowest BCUT2D eigenvalue weighted by Crippen LogP contribution is -2.17. The van der Waals surface area contributed by atoms with Gasteiger partial charge < -0.3 is 5.11 Å². The minimum absolute atomic E-state index is 0.227. The van der Waals surface area contributed by atoms with Gasteiger partial charge >= 0.3 is 0 Å². The maximum Gasteiger partial charge on any atom is 0.168 e. The van der Waals surface area contributed by atoms with Gasteiger partial charge in [-0.2, -0.15) is 0 Å². The van der Waals surface area contributed by atoms with Crippen molar-refractivity contribution in [3.63, 3.8) is 0 Å². The fraction of sp³-hybridized carbons (Fsp3) is 0.364. The monoisotopic (exact) mass is 196 g/mol. The Bertz CT molecular complexity index is 317. The van der Waals surface area contributed by atoms with Gasteiger partial charge in [0.2, 0.25) is 0 Å². The van der Waals surface area contributed by atoms with Gasteiger partial charge in [-0.25, -0.2) is 4.39 Å². The Labute approximate surface area is 82.4 Å². The van der Waals surface area contributed by atoms with Crippen molar-refractivity contribution in [3.05, 3.63) is 35.6 Å². The van der Waals surface area contributed by atoms with Crippen LogP contribution in [0, 0.1) is 11.7 Å². The first kappa shape index (κ1) is 10.9. The summed E-state index contributed by atoms with van der Waals surface area (Å²) in [4.78, 5) is 11.4. The quantitative estimate of drug-likeness (QED) is 0.803. The van der Waals surface area contributed by atoms with Crippen LogP contribution < -0.4 is 0 Å². The Hall–Kier alpha value is -1.22. The highest BCUT2D eigenvalue weighted by molar-refractivity contribution is 5.85. The molecule has 3 heteroatoms. The van der Waals surface area contributed by atoms with Gasteiger partial charge in [0.05, 0.1) is 0 Å². The molecule has 1 aromatic carbocycles. The standard InChI is InChI=1S/C11H13FO2/c1-7(2)10(13)11(14)8-3-5-9(12)6-4-8/h3-7,11,14H,1-2H3/t11-/m0/s1. The molecule has 0 saturated heterocycles. The van der Waals surface area contributed by atoms with E-state index >= 15 is 0 Å². The lowest BCUT2D eigenvalue weighted by Gasteiger charge is -2.11. The van der Waals surface area contributed by atoms with Crippen molar-refractivity contribution in [1.82, 2.24) is 0 Å². The minimum Gasteiger partial charge on any atom is -0.381 e. The number of aliphatic hydroxyl groups is 1. The molecule has 0 unspecified atom stereocenters. The second-order valence-electron chi connectivity index (χ2n) is 3.51. The molecule has 14 heavy (non-hydrogen) atoms. The second kappa shape index (κ2) is 4.33. The summed E-state index contributed by atoms with van der Waals surface area (Å²) in [7, 11) is 0. The minimum atomic E-state index is -1.14. The van der Waals surface area contributed by atoms with Crippen molar-refractivity contribution in [2.75, 3.05) is 0 Å². The van der Waals surface area contributed by atoms with Crippen molar-refractivity contribution < 1.29 is 14.3 Å². The zero-order valence-electron chi connectivity index (χ0n) is 8.20.